The lowest BCUT2D eigenvalue weighted by atomic mass is 9.87. The molecule has 4 aromatic rings. The van der Waals surface area contributed by atoms with E-state index in [0.717, 1.165) is 37.4 Å². The number of benzene rings is 4. The van der Waals surface area contributed by atoms with Gasteiger partial charge in [-0.25, -0.2) is 0 Å². The maximum atomic E-state index is 6.44. The molecule has 0 radical (unpaired) electrons. The van der Waals surface area contributed by atoms with Gasteiger partial charge < -0.3 is 19.5 Å². The van der Waals surface area contributed by atoms with Crippen LogP contribution in [-0.4, -0.2) is 32.4 Å². The van der Waals surface area contributed by atoms with Crippen molar-refractivity contribution in [2.24, 2.45) is 0 Å². The molecular weight excluding hydrogens is 434 g/mol. The minimum atomic E-state index is 0.150. The van der Waals surface area contributed by atoms with E-state index in [-0.39, 0.29) is 6.10 Å². The zero-order chi connectivity index (χ0) is 23.7. The van der Waals surface area contributed by atoms with Gasteiger partial charge in [-0.1, -0.05) is 66.7 Å². The number of piperidine rings is 1. The Morgan fingerprint density at radius 3 is 2.23 bits per heavy atom. The predicted octanol–water partition coefficient (Wildman–Crippen LogP) is 6.35. The van der Waals surface area contributed by atoms with Gasteiger partial charge in [-0.3, -0.25) is 0 Å². The molecule has 1 heterocycles. The first kappa shape index (κ1) is 23.4. The van der Waals surface area contributed by atoms with Crippen molar-refractivity contribution in [2.75, 3.05) is 26.3 Å². The fraction of sp³-hybridized carbons (Fsp3) is 0.290. The average molecular weight is 468 g/mol. The highest BCUT2D eigenvalue weighted by atomic mass is 16.5. The lowest BCUT2D eigenvalue weighted by molar-refractivity contribution is 0.0106. The van der Waals surface area contributed by atoms with Gasteiger partial charge in [-0.2, -0.15) is 0 Å². The largest absolute Gasteiger partial charge is 0.493 e. The second-order valence-electron chi connectivity index (χ2n) is 9.06. The third-order valence-corrected chi connectivity index (χ3v) is 6.58. The molecule has 0 saturated carbocycles. The molecule has 4 nitrogen and oxygen atoms in total. The van der Waals surface area contributed by atoms with Crippen LogP contribution >= 0.6 is 0 Å². The second kappa shape index (κ2) is 11.9. The fourth-order valence-corrected chi connectivity index (χ4v) is 4.69. The maximum Gasteiger partial charge on any atom is 0.119 e. The normalized spacial score (nSPS) is 17.8. The molecule has 0 bridgehead atoms. The average Bonchev–Trinajstić information content (AvgIpc) is 2.93. The Morgan fingerprint density at radius 2 is 1.43 bits per heavy atom. The van der Waals surface area contributed by atoms with Crippen molar-refractivity contribution in [3.05, 3.63) is 108 Å². The molecule has 35 heavy (non-hydrogen) atoms. The van der Waals surface area contributed by atoms with Crippen molar-refractivity contribution in [1.82, 2.24) is 5.32 Å². The first-order chi connectivity index (χ1) is 17.3. The molecule has 1 aliphatic rings. The predicted molar refractivity (Wildman–Crippen MR) is 141 cm³/mol. The maximum absolute atomic E-state index is 6.44. The smallest absolute Gasteiger partial charge is 0.119 e. The van der Waals surface area contributed by atoms with Gasteiger partial charge >= 0.3 is 0 Å². The van der Waals surface area contributed by atoms with Crippen LogP contribution in [-0.2, 0) is 11.3 Å². The van der Waals surface area contributed by atoms with E-state index >= 15 is 0 Å². The molecule has 180 valence electrons. The van der Waals surface area contributed by atoms with Crippen LogP contribution in [0.3, 0.4) is 0 Å². The summed E-state index contributed by atoms with van der Waals surface area (Å²) in [7, 11) is 0. The number of ether oxygens (including phenoxy) is 3. The molecule has 4 heteroatoms. The Balaban J connectivity index is 1.12. The second-order valence-corrected chi connectivity index (χ2v) is 9.06. The van der Waals surface area contributed by atoms with Crippen molar-refractivity contribution in [3.63, 3.8) is 0 Å². The molecule has 1 fully saturated rings. The minimum absolute atomic E-state index is 0.150. The van der Waals surface area contributed by atoms with Gasteiger partial charge in [0.2, 0.25) is 0 Å². The van der Waals surface area contributed by atoms with Gasteiger partial charge in [0.1, 0.15) is 11.5 Å². The molecular formula is C31H33NO3. The van der Waals surface area contributed by atoms with Crippen molar-refractivity contribution < 1.29 is 14.2 Å². The summed E-state index contributed by atoms with van der Waals surface area (Å²) in [5.74, 6) is 2.18. The molecule has 4 aromatic carbocycles. The van der Waals surface area contributed by atoms with Crippen LogP contribution in [0.5, 0.6) is 11.5 Å². The van der Waals surface area contributed by atoms with Crippen LogP contribution in [0.2, 0.25) is 0 Å². The summed E-state index contributed by atoms with van der Waals surface area (Å²) in [6, 6.07) is 33.5. The first-order valence-corrected chi connectivity index (χ1v) is 12.6. The van der Waals surface area contributed by atoms with E-state index in [1.807, 2.05) is 30.3 Å². The molecule has 1 saturated heterocycles. The number of para-hydroxylation sites is 1. The SMILES string of the molecule is c1ccc(OCCCOc2ccc(C3CCNCC3OCc3ccc4ccccc4c3)cc2)cc1. The van der Waals surface area contributed by atoms with Gasteiger partial charge in [0.05, 0.1) is 25.9 Å². The highest BCUT2D eigenvalue weighted by Crippen LogP contribution is 2.30. The lowest BCUT2D eigenvalue weighted by Crippen LogP contribution is -2.40. The summed E-state index contributed by atoms with van der Waals surface area (Å²) in [5.41, 5.74) is 2.53. The molecule has 0 aliphatic carbocycles. The molecule has 0 spiro atoms. The van der Waals surface area contributed by atoms with Crippen LogP contribution < -0.4 is 14.8 Å². The topological polar surface area (TPSA) is 39.7 Å². The van der Waals surface area contributed by atoms with Gasteiger partial charge in [0.15, 0.2) is 0 Å². The number of nitrogens with one attached hydrogen (secondary N) is 1. The summed E-state index contributed by atoms with van der Waals surface area (Å²) in [4.78, 5) is 0. The molecule has 0 aromatic heterocycles. The number of hydrogen-bond donors (Lipinski definition) is 1. The quantitative estimate of drug-likeness (QED) is 0.276. The third-order valence-electron chi connectivity index (χ3n) is 6.58. The van der Waals surface area contributed by atoms with Crippen molar-refractivity contribution in [3.8, 4) is 11.5 Å². The summed E-state index contributed by atoms with van der Waals surface area (Å²) >= 11 is 0. The van der Waals surface area contributed by atoms with Gasteiger partial charge in [-0.05, 0) is 65.2 Å². The standard InChI is InChI=1S/C31H33NO3/c1-2-9-28(10-3-1)33-19-6-20-34-29-15-13-26(14-16-29)30-17-18-32-22-31(30)35-23-24-11-12-25-7-4-5-8-27(25)21-24/h1-5,7-16,21,30-32H,6,17-20,22-23H2. The third kappa shape index (κ3) is 6.41. The number of hydrogen-bond acceptors (Lipinski definition) is 4. The Morgan fingerprint density at radius 1 is 0.714 bits per heavy atom. The molecule has 1 N–H and O–H groups in total. The van der Waals surface area contributed by atoms with E-state index in [4.69, 9.17) is 14.2 Å². The zero-order valence-corrected chi connectivity index (χ0v) is 20.1. The highest BCUT2D eigenvalue weighted by Gasteiger charge is 2.27. The van der Waals surface area contributed by atoms with Crippen LogP contribution in [0.1, 0.15) is 29.9 Å². The Bertz CT molecular complexity index is 1190. The van der Waals surface area contributed by atoms with Crippen molar-refractivity contribution >= 4 is 10.8 Å². The molecule has 1 aliphatic heterocycles. The van der Waals surface area contributed by atoms with Crippen molar-refractivity contribution in [2.45, 2.75) is 31.5 Å². The van der Waals surface area contributed by atoms with Crippen LogP contribution in [0.15, 0.2) is 97.1 Å². The van der Waals surface area contributed by atoms with Gasteiger partial charge in [0, 0.05) is 18.9 Å². The van der Waals surface area contributed by atoms with E-state index in [9.17, 15) is 0 Å². The molecule has 0 amide bonds. The van der Waals surface area contributed by atoms with Gasteiger partial charge in [-0.15, -0.1) is 0 Å². The van der Waals surface area contributed by atoms with E-state index in [1.165, 1.54) is 21.9 Å². The number of fused-ring (bicyclic) bond motifs is 1. The summed E-state index contributed by atoms with van der Waals surface area (Å²) in [6.07, 6.45) is 2.06. The summed E-state index contributed by atoms with van der Waals surface area (Å²) in [5, 5.41) is 6.02. The monoisotopic (exact) mass is 467 g/mol. The zero-order valence-electron chi connectivity index (χ0n) is 20.1. The molecule has 2 atom stereocenters. The molecule has 2 unspecified atom stereocenters. The minimum Gasteiger partial charge on any atom is -0.493 e. The first-order valence-electron chi connectivity index (χ1n) is 12.6. The van der Waals surface area contributed by atoms with Crippen LogP contribution in [0.25, 0.3) is 10.8 Å². The molecule has 5 rings (SSSR count). The summed E-state index contributed by atoms with van der Waals surface area (Å²) < 4.78 is 18.1. The summed E-state index contributed by atoms with van der Waals surface area (Å²) in [6.45, 7) is 3.79. The lowest BCUT2D eigenvalue weighted by Gasteiger charge is -2.32. The van der Waals surface area contributed by atoms with E-state index in [0.29, 0.717) is 25.7 Å². The Labute approximate surface area is 207 Å². The Hall–Kier alpha value is -3.34. The van der Waals surface area contributed by atoms with Gasteiger partial charge in [0.25, 0.3) is 0 Å². The highest BCUT2D eigenvalue weighted by molar-refractivity contribution is 5.82. The van der Waals surface area contributed by atoms with Crippen LogP contribution in [0, 0.1) is 0 Å². The van der Waals surface area contributed by atoms with E-state index in [2.05, 4.69) is 72.0 Å². The van der Waals surface area contributed by atoms with E-state index in [1.54, 1.807) is 0 Å². The fourth-order valence-electron chi connectivity index (χ4n) is 4.69. The van der Waals surface area contributed by atoms with Crippen molar-refractivity contribution in [1.29, 1.82) is 0 Å². The Kier molecular flexibility index (Phi) is 7.94. The number of rotatable bonds is 10. The van der Waals surface area contributed by atoms with E-state index < -0.39 is 0 Å². The van der Waals surface area contributed by atoms with Crippen LogP contribution in [0.4, 0.5) is 0 Å².